The number of aromatic nitrogens is 1. The summed E-state index contributed by atoms with van der Waals surface area (Å²) in [6, 6.07) is 70.2. The predicted octanol–water partition coefficient (Wildman–Crippen LogP) is 15.3. The minimum Gasteiger partial charge on any atom is -0.455 e. The second kappa shape index (κ2) is 12.2. The van der Waals surface area contributed by atoms with Crippen molar-refractivity contribution in [2.45, 2.75) is 0 Å². The molecule has 0 bridgehead atoms. The van der Waals surface area contributed by atoms with Crippen molar-refractivity contribution in [3.05, 3.63) is 194 Å². The molecule has 4 heteroatoms. The molecule has 9 aromatic carbocycles. The Balaban J connectivity index is 1.13. The van der Waals surface area contributed by atoms with Crippen molar-refractivity contribution in [2.75, 3.05) is 4.90 Å². The van der Waals surface area contributed by atoms with Crippen LogP contribution in [0.5, 0.6) is 0 Å². The lowest BCUT2D eigenvalue weighted by Crippen LogP contribution is -2.11. The SMILES string of the molecule is c1cc(-c2cccc3sc4ccccc4c23)cc(N(c2cccc(-n3c4ccccc4c4ccccc43)c2)c2cccc3oc4c5ccccc5ccc4c23)c1. The molecule has 0 aliphatic carbocycles. The van der Waals surface area contributed by atoms with Gasteiger partial charge in [-0.25, -0.2) is 0 Å². The first-order chi connectivity index (χ1) is 27.8. The van der Waals surface area contributed by atoms with Crippen LogP contribution in [0.25, 0.3) is 91.5 Å². The lowest BCUT2D eigenvalue weighted by Gasteiger charge is -2.27. The van der Waals surface area contributed by atoms with Crippen LogP contribution in [0.4, 0.5) is 17.1 Å². The summed E-state index contributed by atoms with van der Waals surface area (Å²) < 4.78 is 11.7. The molecule has 3 heterocycles. The number of benzene rings is 9. The van der Waals surface area contributed by atoms with E-state index in [1.165, 1.54) is 58.5 Å². The summed E-state index contributed by atoms with van der Waals surface area (Å²) >= 11 is 1.86. The lowest BCUT2D eigenvalue weighted by atomic mass is 9.98. The maximum Gasteiger partial charge on any atom is 0.143 e. The number of para-hydroxylation sites is 2. The molecule has 0 radical (unpaired) electrons. The van der Waals surface area contributed by atoms with Gasteiger partial charge in [-0.1, -0.05) is 121 Å². The predicted molar refractivity (Wildman–Crippen MR) is 239 cm³/mol. The molecule has 0 N–H and O–H groups in total. The van der Waals surface area contributed by atoms with Crippen LogP contribution >= 0.6 is 11.3 Å². The number of fused-ring (bicyclic) bond motifs is 11. The molecule has 0 amide bonds. The maximum absolute atomic E-state index is 6.75. The van der Waals surface area contributed by atoms with Gasteiger partial charge >= 0.3 is 0 Å². The van der Waals surface area contributed by atoms with Crippen LogP contribution in [0, 0.1) is 0 Å². The Labute approximate surface area is 326 Å². The first kappa shape index (κ1) is 31.2. The quantitative estimate of drug-likeness (QED) is 0.176. The third-order valence-electron chi connectivity index (χ3n) is 11.4. The van der Waals surface area contributed by atoms with Crippen molar-refractivity contribution >= 4 is 103 Å². The van der Waals surface area contributed by atoms with Crippen LogP contribution in [0.3, 0.4) is 0 Å². The number of nitrogens with zero attached hydrogens (tertiary/aromatic N) is 2. The van der Waals surface area contributed by atoms with Gasteiger partial charge in [-0.2, -0.15) is 0 Å². The molecule has 0 saturated carbocycles. The van der Waals surface area contributed by atoms with Crippen molar-refractivity contribution < 1.29 is 4.42 Å². The average Bonchev–Trinajstić information content (AvgIpc) is 3.94. The van der Waals surface area contributed by atoms with Crippen LogP contribution in [-0.4, -0.2) is 4.57 Å². The number of rotatable bonds is 5. The normalized spacial score (nSPS) is 11.9. The molecule has 0 aliphatic rings. The Bertz CT molecular complexity index is 3460. The highest BCUT2D eigenvalue weighted by molar-refractivity contribution is 7.25. The van der Waals surface area contributed by atoms with Gasteiger partial charge in [0.25, 0.3) is 0 Å². The van der Waals surface area contributed by atoms with Crippen molar-refractivity contribution in [2.24, 2.45) is 0 Å². The second-order valence-electron chi connectivity index (χ2n) is 14.5. The van der Waals surface area contributed by atoms with Gasteiger partial charge in [0.1, 0.15) is 11.2 Å². The second-order valence-corrected chi connectivity index (χ2v) is 15.6. The number of furan rings is 1. The highest BCUT2D eigenvalue weighted by Gasteiger charge is 2.22. The van der Waals surface area contributed by atoms with Crippen molar-refractivity contribution in [3.8, 4) is 16.8 Å². The van der Waals surface area contributed by atoms with E-state index in [1.807, 2.05) is 11.3 Å². The number of thiophene rings is 1. The van der Waals surface area contributed by atoms with Gasteiger partial charge in [0, 0.05) is 58.8 Å². The molecule has 0 aliphatic heterocycles. The third-order valence-corrected chi connectivity index (χ3v) is 12.5. The molecule has 0 saturated heterocycles. The first-order valence-corrected chi connectivity index (χ1v) is 19.8. The molecule has 12 rings (SSSR count). The summed E-state index contributed by atoms with van der Waals surface area (Å²) in [5.74, 6) is 0. The average molecular weight is 733 g/mol. The van der Waals surface area contributed by atoms with Gasteiger partial charge < -0.3 is 13.9 Å². The summed E-state index contributed by atoms with van der Waals surface area (Å²) in [5.41, 5.74) is 10.9. The molecule has 12 aromatic rings. The van der Waals surface area contributed by atoms with E-state index in [0.29, 0.717) is 0 Å². The van der Waals surface area contributed by atoms with E-state index in [2.05, 4.69) is 204 Å². The van der Waals surface area contributed by atoms with Crippen LogP contribution in [0.2, 0.25) is 0 Å². The number of hydrogen-bond acceptors (Lipinski definition) is 3. The molecule has 0 atom stereocenters. The molecule has 3 nitrogen and oxygen atoms in total. The van der Waals surface area contributed by atoms with E-state index in [1.54, 1.807) is 0 Å². The monoisotopic (exact) mass is 732 g/mol. The molecular formula is C52H32N2OS. The summed E-state index contributed by atoms with van der Waals surface area (Å²) in [5, 5.41) is 9.57. The van der Waals surface area contributed by atoms with E-state index < -0.39 is 0 Å². The summed E-state index contributed by atoms with van der Waals surface area (Å²) in [6.45, 7) is 0. The van der Waals surface area contributed by atoms with E-state index in [-0.39, 0.29) is 0 Å². The number of hydrogen-bond donors (Lipinski definition) is 0. The molecule has 0 spiro atoms. The minimum atomic E-state index is 0.864. The zero-order chi connectivity index (χ0) is 36.7. The molecule has 56 heavy (non-hydrogen) atoms. The van der Waals surface area contributed by atoms with Crippen molar-refractivity contribution in [1.29, 1.82) is 0 Å². The Kier molecular flexibility index (Phi) is 6.80. The minimum absolute atomic E-state index is 0.864. The largest absolute Gasteiger partial charge is 0.455 e. The fourth-order valence-corrected chi connectivity index (χ4v) is 10.1. The zero-order valence-corrected chi connectivity index (χ0v) is 31.0. The molecule has 0 fully saturated rings. The first-order valence-electron chi connectivity index (χ1n) is 19.0. The van der Waals surface area contributed by atoms with Gasteiger partial charge in [0.2, 0.25) is 0 Å². The summed E-state index contributed by atoms with van der Waals surface area (Å²) in [7, 11) is 0. The smallest absolute Gasteiger partial charge is 0.143 e. The molecule has 262 valence electrons. The van der Waals surface area contributed by atoms with Gasteiger partial charge in [-0.3, -0.25) is 0 Å². The molecular weight excluding hydrogens is 701 g/mol. The Morgan fingerprint density at radius 3 is 1.95 bits per heavy atom. The van der Waals surface area contributed by atoms with E-state index in [4.69, 9.17) is 4.42 Å². The highest BCUT2D eigenvalue weighted by Crippen LogP contribution is 2.47. The van der Waals surface area contributed by atoms with Crippen molar-refractivity contribution in [3.63, 3.8) is 0 Å². The van der Waals surface area contributed by atoms with Crippen molar-refractivity contribution in [1.82, 2.24) is 4.57 Å². The van der Waals surface area contributed by atoms with Gasteiger partial charge in [-0.15, -0.1) is 11.3 Å². The van der Waals surface area contributed by atoms with Crippen LogP contribution < -0.4 is 4.90 Å². The lowest BCUT2D eigenvalue weighted by molar-refractivity contribution is 0.672. The zero-order valence-electron chi connectivity index (χ0n) is 30.2. The van der Waals surface area contributed by atoms with E-state index in [9.17, 15) is 0 Å². The van der Waals surface area contributed by atoms with Gasteiger partial charge in [0.15, 0.2) is 0 Å². The number of anilines is 3. The Morgan fingerprint density at radius 2 is 1.11 bits per heavy atom. The van der Waals surface area contributed by atoms with E-state index >= 15 is 0 Å². The van der Waals surface area contributed by atoms with Gasteiger partial charge in [-0.05, 0) is 89.3 Å². The Hall–Kier alpha value is -7.14. The van der Waals surface area contributed by atoms with Gasteiger partial charge in [0.05, 0.1) is 22.1 Å². The van der Waals surface area contributed by atoms with Crippen LogP contribution in [-0.2, 0) is 0 Å². The van der Waals surface area contributed by atoms with Crippen LogP contribution in [0.1, 0.15) is 0 Å². The molecule has 3 aromatic heterocycles. The van der Waals surface area contributed by atoms with E-state index in [0.717, 1.165) is 50.1 Å². The molecule has 0 unspecified atom stereocenters. The fraction of sp³-hybridized carbons (Fsp3) is 0. The summed E-state index contributed by atoms with van der Waals surface area (Å²) in [6.07, 6.45) is 0. The topological polar surface area (TPSA) is 21.3 Å². The standard InChI is InChI=1S/C52H32N2OS/c1-2-18-39-33(13-1)29-30-43-51-46(25-12-26-47(51)55-52(39)43)53(35-15-9-14-34(31-35)38-22-11-28-49-50(38)42-21-5-8-27-48(42)56-49)36-16-10-17-37(32-36)54-44-23-6-3-19-40(44)41-20-4-7-24-45(41)54/h1-32H. The van der Waals surface area contributed by atoms with Crippen LogP contribution in [0.15, 0.2) is 199 Å². The Morgan fingerprint density at radius 1 is 0.446 bits per heavy atom. The fourth-order valence-electron chi connectivity index (χ4n) is 8.95. The third kappa shape index (κ3) is 4.63. The highest BCUT2D eigenvalue weighted by atomic mass is 32.1. The summed E-state index contributed by atoms with van der Waals surface area (Å²) in [4.78, 5) is 2.42. The maximum atomic E-state index is 6.75.